The van der Waals surface area contributed by atoms with Crippen LogP contribution in [-0.4, -0.2) is 75.6 Å². The zero-order valence-electron chi connectivity index (χ0n) is 18.1. The summed E-state index contributed by atoms with van der Waals surface area (Å²) in [4.78, 5) is 15.1. The largest absolute Gasteiger partial charge is 0.490 e. The number of nitrogens with zero attached hydrogens (tertiary/aromatic N) is 2. The molecule has 1 aromatic carbocycles. The van der Waals surface area contributed by atoms with Gasteiger partial charge in [-0.1, -0.05) is 6.92 Å². The molecule has 0 spiro atoms. The third-order valence-electron chi connectivity index (χ3n) is 6.34. The zero-order chi connectivity index (χ0) is 21.8. The summed E-state index contributed by atoms with van der Waals surface area (Å²) in [5.41, 5.74) is 0. The molecule has 8 nitrogen and oxygen atoms in total. The lowest BCUT2D eigenvalue weighted by atomic mass is 9.98. The van der Waals surface area contributed by atoms with Crippen molar-refractivity contribution in [3.63, 3.8) is 0 Å². The summed E-state index contributed by atoms with van der Waals surface area (Å²) in [6, 6.07) is 4.76. The highest BCUT2D eigenvalue weighted by molar-refractivity contribution is 7.89. The standard InChI is InChI=1S/C22H32N2O6S/c1-2-23-10-3-5-18(16-23)30-22(25)17-8-11-24(12-9-17)31(26,27)19-6-7-20-21(15-19)29-14-4-13-28-20/h6-7,15,17-18H,2-5,8-14,16H2,1H3. The van der Waals surface area contributed by atoms with Gasteiger partial charge in [0.15, 0.2) is 11.5 Å². The first-order chi connectivity index (χ1) is 15.0. The number of hydrogen-bond donors (Lipinski definition) is 0. The molecular weight excluding hydrogens is 420 g/mol. The molecule has 172 valence electrons. The molecule has 0 amide bonds. The predicted molar refractivity (Wildman–Crippen MR) is 115 cm³/mol. The first-order valence-electron chi connectivity index (χ1n) is 11.3. The molecule has 4 rings (SSSR count). The van der Waals surface area contributed by atoms with Gasteiger partial charge in [-0.05, 0) is 50.9 Å². The number of carbonyl (C=O) groups is 1. The molecule has 0 N–H and O–H groups in total. The minimum atomic E-state index is -3.66. The Morgan fingerprint density at radius 2 is 1.81 bits per heavy atom. The van der Waals surface area contributed by atoms with Crippen molar-refractivity contribution in [1.82, 2.24) is 9.21 Å². The first kappa shape index (κ1) is 22.4. The van der Waals surface area contributed by atoms with Crippen molar-refractivity contribution in [3.05, 3.63) is 18.2 Å². The Labute approximate surface area is 184 Å². The van der Waals surface area contributed by atoms with Crippen molar-refractivity contribution in [3.8, 4) is 11.5 Å². The first-order valence-corrected chi connectivity index (χ1v) is 12.7. The van der Waals surface area contributed by atoms with Crippen molar-refractivity contribution in [2.75, 3.05) is 45.9 Å². The Kier molecular flexibility index (Phi) is 7.03. The normalized spacial score (nSPS) is 23.8. The topological polar surface area (TPSA) is 85.4 Å². The van der Waals surface area contributed by atoms with E-state index in [2.05, 4.69) is 11.8 Å². The van der Waals surface area contributed by atoms with Crippen molar-refractivity contribution in [2.24, 2.45) is 5.92 Å². The Morgan fingerprint density at radius 3 is 2.55 bits per heavy atom. The molecule has 0 radical (unpaired) electrons. The van der Waals surface area contributed by atoms with Gasteiger partial charge in [0.2, 0.25) is 10.0 Å². The summed E-state index contributed by atoms with van der Waals surface area (Å²) in [7, 11) is -3.66. The number of ether oxygens (including phenoxy) is 3. The van der Waals surface area contributed by atoms with Gasteiger partial charge >= 0.3 is 5.97 Å². The quantitative estimate of drug-likeness (QED) is 0.634. The number of esters is 1. The number of fused-ring (bicyclic) bond motifs is 1. The summed E-state index contributed by atoms with van der Waals surface area (Å²) < 4.78 is 44.7. The molecule has 31 heavy (non-hydrogen) atoms. The van der Waals surface area contributed by atoms with Crippen LogP contribution in [0.4, 0.5) is 0 Å². The summed E-state index contributed by atoms with van der Waals surface area (Å²) in [6.07, 6.45) is 3.61. The monoisotopic (exact) mass is 452 g/mol. The van der Waals surface area contributed by atoms with E-state index in [0.717, 1.165) is 38.9 Å². The van der Waals surface area contributed by atoms with Crippen LogP contribution >= 0.6 is 0 Å². The smallest absolute Gasteiger partial charge is 0.309 e. The third-order valence-corrected chi connectivity index (χ3v) is 8.23. The fraction of sp³-hybridized carbons (Fsp3) is 0.682. The number of likely N-dealkylation sites (N-methyl/N-ethyl adjacent to an activating group) is 1. The minimum absolute atomic E-state index is 0.0511. The van der Waals surface area contributed by atoms with Crippen molar-refractivity contribution >= 4 is 16.0 Å². The van der Waals surface area contributed by atoms with E-state index in [-0.39, 0.29) is 22.9 Å². The lowest BCUT2D eigenvalue weighted by molar-refractivity contribution is -0.158. The average molecular weight is 453 g/mol. The van der Waals surface area contributed by atoms with Crippen LogP contribution in [0.3, 0.4) is 0 Å². The van der Waals surface area contributed by atoms with Gasteiger partial charge in [-0.15, -0.1) is 0 Å². The van der Waals surface area contributed by atoms with Crippen LogP contribution in [0.25, 0.3) is 0 Å². The molecule has 9 heteroatoms. The lowest BCUT2D eigenvalue weighted by Crippen LogP contribution is -2.43. The van der Waals surface area contributed by atoms with Crippen LogP contribution in [0.15, 0.2) is 23.1 Å². The Morgan fingerprint density at radius 1 is 1.06 bits per heavy atom. The highest BCUT2D eigenvalue weighted by Gasteiger charge is 2.34. The average Bonchev–Trinajstić information content (AvgIpc) is 3.04. The molecule has 3 aliphatic rings. The number of likely N-dealkylation sites (tertiary alicyclic amines) is 1. The molecule has 3 heterocycles. The lowest BCUT2D eigenvalue weighted by Gasteiger charge is -2.34. The van der Waals surface area contributed by atoms with Crippen molar-refractivity contribution in [2.45, 2.75) is 50.0 Å². The molecule has 1 atom stereocenters. The van der Waals surface area contributed by atoms with Crippen LogP contribution in [0.2, 0.25) is 0 Å². The van der Waals surface area contributed by atoms with Crippen LogP contribution in [0.1, 0.15) is 39.0 Å². The number of benzene rings is 1. The van der Waals surface area contributed by atoms with Gasteiger partial charge in [0, 0.05) is 32.1 Å². The van der Waals surface area contributed by atoms with Gasteiger partial charge in [0.25, 0.3) is 0 Å². The maximum atomic E-state index is 13.1. The van der Waals surface area contributed by atoms with Crippen LogP contribution in [-0.2, 0) is 19.6 Å². The highest BCUT2D eigenvalue weighted by atomic mass is 32.2. The zero-order valence-corrected chi connectivity index (χ0v) is 18.9. The molecule has 3 aliphatic heterocycles. The van der Waals surface area contributed by atoms with Gasteiger partial charge in [0.1, 0.15) is 6.10 Å². The highest BCUT2D eigenvalue weighted by Crippen LogP contribution is 2.34. The summed E-state index contributed by atoms with van der Waals surface area (Å²) >= 11 is 0. The van der Waals surface area contributed by atoms with Gasteiger partial charge in [-0.3, -0.25) is 9.69 Å². The molecule has 1 aromatic rings. The molecule has 2 saturated heterocycles. The number of sulfonamides is 1. The van der Waals surface area contributed by atoms with Crippen LogP contribution < -0.4 is 9.47 Å². The Bertz CT molecular complexity index is 882. The number of rotatable bonds is 5. The molecular formula is C22H32N2O6S. The third kappa shape index (κ3) is 5.15. The van der Waals surface area contributed by atoms with E-state index in [0.29, 0.717) is 50.6 Å². The van der Waals surface area contributed by atoms with E-state index in [1.807, 2.05) is 0 Å². The van der Waals surface area contributed by atoms with Crippen molar-refractivity contribution < 1.29 is 27.4 Å². The second-order valence-electron chi connectivity index (χ2n) is 8.43. The minimum Gasteiger partial charge on any atom is -0.490 e. The second-order valence-corrected chi connectivity index (χ2v) is 10.4. The van der Waals surface area contributed by atoms with Crippen LogP contribution in [0.5, 0.6) is 11.5 Å². The maximum absolute atomic E-state index is 13.1. The van der Waals surface area contributed by atoms with Crippen LogP contribution in [0, 0.1) is 5.92 Å². The molecule has 2 fully saturated rings. The molecule has 0 saturated carbocycles. The van der Waals surface area contributed by atoms with E-state index in [4.69, 9.17) is 14.2 Å². The predicted octanol–water partition coefficient (Wildman–Crippen LogP) is 2.28. The van der Waals surface area contributed by atoms with Gasteiger partial charge in [0.05, 0.1) is 24.0 Å². The maximum Gasteiger partial charge on any atom is 0.309 e. The number of piperidine rings is 2. The Hall–Kier alpha value is -1.84. The van der Waals surface area contributed by atoms with Crippen molar-refractivity contribution in [1.29, 1.82) is 0 Å². The van der Waals surface area contributed by atoms with E-state index >= 15 is 0 Å². The number of carbonyl (C=O) groups excluding carboxylic acids is 1. The molecule has 0 aromatic heterocycles. The summed E-state index contributed by atoms with van der Waals surface area (Å²) in [5, 5.41) is 0. The van der Waals surface area contributed by atoms with E-state index < -0.39 is 10.0 Å². The van der Waals surface area contributed by atoms with Gasteiger partial charge < -0.3 is 14.2 Å². The fourth-order valence-corrected chi connectivity index (χ4v) is 5.93. The number of hydrogen-bond acceptors (Lipinski definition) is 7. The SMILES string of the molecule is CCN1CCCC(OC(=O)C2CCN(S(=O)(=O)c3ccc4c(c3)OCCCO4)CC2)C1. The van der Waals surface area contributed by atoms with E-state index in [9.17, 15) is 13.2 Å². The van der Waals surface area contributed by atoms with E-state index in [1.54, 1.807) is 18.2 Å². The molecule has 0 aliphatic carbocycles. The Balaban J connectivity index is 1.34. The van der Waals surface area contributed by atoms with Gasteiger partial charge in [-0.25, -0.2) is 8.42 Å². The fourth-order valence-electron chi connectivity index (χ4n) is 4.44. The van der Waals surface area contributed by atoms with E-state index in [1.165, 1.54) is 4.31 Å². The second kappa shape index (κ2) is 9.75. The summed E-state index contributed by atoms with van der Waals surface area (Å²) in [6.45, 7) is 6.60. The summed E-state index contributed by atoms with van der Waals surface area (Å²) in [5.74, 6) is 0.607. The molecule has 0 bridgehead atoms. The van der Waals surface area contributed by atoms with Gasteiger partial charge in [-0.2, -0.15) is 4.31 Å². The molecule has 1 unspecified atom stereocenters.